The van der Waals surface area contributed by atoms with E-state index in [1.165, 1.54) is 30.0 Å². The summed E-state index contributed by atoms with van der Waals surface area (Å²) in [5.74, 6) is 0.640. The van der Waals surface area contributed by atoms with E-state index in [2.05, 4.69) is 15.5 Å². The van der Waals surface area contributed by atoms with Crippen LogP contribution >= 0.6 is 11.8 Å². The Labute approximate surface area is 159 Å². The number of para-hydroxylation sites is 1. The van der Waals surface area contributed by atoms with E-state index in [4.69, 9.17) is 0 Å². The van der Waals surface area contributed by atoms with Gasteiger partial charge in [0.1, 0.15) is 5.82 Å². The number of amides is 1. The first-order valence-electron chi connectivity index (χ1n) is 8.25. The molecule has 2 aromatic carbocycles. The minimum absolute atomic E-state index is 0.0724. The van der Waals surface area contributed by atoms with Crippen LogP contribution in [-0.2, 0) is 11.2 Å². The minimum Gasteiger partial charge on any atom is -0.325 e. The van der Waals surface area contributed by atoms with Gasteiger partial charge < -0.3 is 5.32 Å². The molecule has 27 heavy (non-hydrogen) atoms. The Bertz CT molecular complexity index is 959. The van der Waals surface area contributed by atoms with Gasteiger partial charge in [-0.1, -0.05) is 43.0 Å². The number of non-ortho nitro benzene ring substituents is 1. The number of benzene rings is 2. The number of aromatic nitrogens is 3. The largest absolute Gasteiger partial charge is 0.325 e. The lowest BCUT2D eigenvalue weighted by atomic mass is 10.3. The van der Waals surface area contributed by atoms with Crippen molar-refractivity contribution in [2.45, 2.75) is 18.5 Å². The molecule has 138 valence electrons. The second kappa shape index (κ2) is 8.45. The second-order valence-electron chi connectivity index (χ2n) is 5.57. The van der Waals surface area contributed by atoms with Gasteiger partial charge >= 0.3 is 0 Å². The number of nitro benzene ring substituents is 1. The van der Waals surface area contributed by atoms with Crippen molar-refractivity contribution in [2.24, 2.45) is 0 Å². The number of nitrogens with zero attached hydrogens (tertiary/aromatic N) is 4. The fourth-order valence-corrected chi connectivity index (χ4v) is 3.25. The van der Waals surface area contributed by atoms with Crippen molar-refractivity contribution in [3.8, 4) is 5.69 Å². The van der Waals surface area contributed by atoms with Gasteiger partial charge in [0.05, 0.1) is 10.7 Å². The van der Waals surface area contributed by atoms with E-state index in [0.29, 0.717) is 17.3 Å². The number of hydrogen-bond donors (Lipinski definition) is 1. The topological polar surface area (TPSA) is 103 Å². The van der Waals surface area contributed by atoms with E-state index in [1.54, 1.807) is 6.07 Å². The molecule has 1 amide bonds. The molecule has 0 atom stereocenters. The van der Waals surface area contributed by atoms with Crippen LogP contribution < -0.4 is 5.32 Å². The summed E-state index contributed by atoms with van der Waals surface area (Å²) >= 11 is 1.26. The van der Waals surface area contributed by atoms with Crippen LogP contribution in [0.4, 0.5) is 11.4 Å². The van der Waals surface area contributed by atoms with E-state index in [0.717, 1.165) is 11.5 Å². The van der Waals surface area contributed by atoms with Crippen molar-refractivity contribution in [2.75, 3.05) is 11.1 Å². The zero-order valence-electron chi connectivity index (χ0n) is 14.5. The summed E-state index contributed by atoms with van der Waals surface area (Å²) in [4.78, 5) is 22.6. The van der Waals surface area contributed by atoms with Gasteiger partial charge in [-0.25, -0.2) is 0 Å². The van der Waals surface area contributed by atoms with Crippen LogP contribution in [0.3, 0.4) is 0 Å². The molecule has 1 aromatic heterocycles. The van der Waals surface area contributed by atoms with Gasteiger partial charge in [0.15, 0.2) is 5.16 Å². The number of rotatable bonds is 7. The maximum absolute atomic E-state index is 12.2. The van der Waals surface area contributed by atoms with Gasteiger partial charge in [-0.05, 0) is 18.2 Å². The van der Waals surface area contributed by atoms with E-state index in [1.807, 2.05) is 41.8 Å². The first-order valence-corrected chi connectivity index (χ1v) is 9.24. The average Bonchev–Trinajstić information content (AvgIpc) is 3.10. The molecule has 0 aliphatic rings. The second-order valence-corrected chi connectivity index (χ2v) is 6.51. The van der Waals surface area contributed by atoms with Crippen LogP contribution in [-0.4, -0.2) is 31.3 Å². The number of nitro groups is 1. The quantitative estimate of drug-likeness (QED) is 0.381. The van der Waals surface area contributed by atoms with Gasteiger partial charge in [0.2, 0.25) is 5.91 Å². The predicted molar refractivity (Wildman–Crippen MR) is 103 cm³/mol. The molecule has 0 bridgehead atoms. The standard InChI is InChI=1S/C18H17N5O3S/c1-2-16-20-21-18(22(16)14-8-4-3-5-9-14)27-12-17(24)19-13-7-6-10-15(11-13)23(25)26/h3-11H,2,12H2,1H3,(H,19,24). The number of carbonyl (C=O) groups is 1. The lowest BCUT2D eigenvalue weighted by Gasteiger charge is -2.09. The zero-order chi connectivity index (χ0) is 19.2. The molecule has 8 nitrogen and oxygen atoms in total. The molecule has 1 N–H and O–H groups in total. The van der Waals surface area contributed by atoms with E-state index in [9.17, 15) is 14.9 Å². The predicted octanol–water partition coefficient (Wildman–Crippen LogP) is 3.47. The lowest BCUT2D eigenvalue weighted by Crippen LogP contribution is -2.14. The van der Waals surface area contributed by atoms with Crippen molar-refractivity contribution in [1.82, 2.24) is 14.8 Å². The Kier molecular flexibility index (Phi) is 5.82. The van der Waals surface area contributed by atoms with E-state index in [-0.39, 0.29) is 17.3 Å². The molecule has 0 saturated heterocycles. The van der Waals surface area contributed by atoms with Crippen molar-refractivity contribution >= 4 is 29.0 Å². The number of nitrogens with one attached hydrogen (secondary N) is 1. The maximum atomic E-state index is 12.2. The average molecular weight is 383 g/mol. The van der Waals surface area contributed by atoms with Crippen molar-refractivity contribution in [3.63, 3.8) is 0 Å². The van der Waals surface area contributed by atoms with Crippen LogP contribution in [0.15, 0.2) is 59.8 Å². The smallest absolute Gasteiger partial charge is 0.271 e. The van der Waals surface area contributed by atoms with Gasteiger partial charge in [-0.15, -0.1) is 10.2 Å². The summed E-state index contributed by atoms with van der Waals surface area (Å²) in [6.45, 7) is 1.99. The molecule has 3 aromatic rings. The van der Waals surface area contributed by atoms with Crippen LogP contribution in [0.5, 0.6) is 0 Å². The lowest BCUT2D eigenvalue weighted by molar-refractivity contribution is -0.384. The normalized spacial score (nSPS) is 10.6. The van der Waals surface area contributed by atoms with Crippen LogP contribution in [0.2, 0.25) is 0 Å². The highest BCUT2D eigenvalue weighted by molar-refractivity contribution is 7.99. The molecule has 0 aliphatic carbocycles. The Hall–Kier alpha value is -3.20. The molecule has 0 saturated carbocycles. The third-order valence-corrected chi connectivity index (χ3v) is 4.63. The van der Waals surface area contributed by atoms with Gasteiger partial charge in [0.25, 0.3) is 5.69 Å². The summed E-state index contributed by atoms with van der Waals surface area (Å²) in [7, 11) is 0. The number of hydrogen-bond acceptors (Lipinski definition) is 6. The highest BCUT2D eigenvalue weighted by Crippen LogP contribution is 2.23. The molecule has 0 aliphatic heterocycles. The third kappa shape index (κ3) is 4.50. The molecule has 0 spiro atoms. The summed E-state index contributed by atoms with van der Waals surface area (Å²) in [5, 5.41) is 22.5. The maximum Gasteiger partial charge on any atom is 0.271 e. The Morgan fingerprint density at radius 1 is 1.19 bits per heavy atom. The zero-order valence-corrected chi connectivity index (χ0v) is 15.3. The summed E-state index contributed by atoms with van der Waals surface area (Å²) in [6.07, 6.45) is 0.711. The van der Waals surface area contributed by atoms with Crippen LogP contribution in [0.1, 0.15) is 12.7 Å². The van der Waals surface area contributed by atoms with Gasteiger partial charge in [0, 0.05) is 29.9 Å². The number of anilines is 1. The molecular weight excluding hydrogens is 366 g/mol. The number of carbonyl (C=O) groups excluding carboxylic acids is 1. The first kappa shape index (κ1) is 18.6. The molecule has 0 unspecified atom stereocenters. The molecule has 0 fully saturated rings. The fourth-order valence-electron chi connectivity index (χ4n) is 2.48. The van der Waals surface area contributed by atoms with Crippen LogP contribution in [0.25, 0.3) is 5.69 Å². The molecule has 1 heterocycles. The van der Waals surface area contributed by atoms with Crippen molar-refractivity contribution in [1.29, 1.82) is 0 Å². The van der Waals surface area contributed by atoms with Crippen molar-refractivity contribution < 1.29 is 9.72 Å². The monoisotopic (exact) mass is 383 g/mol. The number of aryl methyl sites for hydroxylation is 1. The van der Waals surface area contributed by atoms with Gasteiger partial charge in [-0.3, -0.25) is 19.5 Å². The molecular formula is C18H17N5O3S. The number of thioether (sulfide) groups is 1. The van der Waals surface area contributed by atoms with Crippen molar-refractivity contribution in [3.05, 3.63) is 70.5 Å². The minimum atomic E-state index is -0.501. The molecule has 0 radical (unpaired) electrons. The van der Waals surface area contributed by atoms with E-state index < -0.39 is 4.92 Å². The summed E-state index contributed by atoms with van der Waals surface area (Å²) in [6, 6.07) is 15.5. The van der Waals surface area contributed by atoms with Crippen LogP contribution in [0, 0.1) is 10.1 Å². The first-order chi connectivity index (χ1) is 13.1. The highest BCUT2D eigenvalue weighted by atomic mass is 32.2. The Balaban J connectivity index is 1.70. The molecule has 9 heteroatoms. The summed E-state index contributed by atoms with van der Waals surface area (Å²) < 4.78 is 1.92. The fraction of sp³-hybridized carbons (Fsp3) is 0.167. The third-order valence-electron chi connectivity index (χ3n) is 3.70. The Morgan fingerprint density at radius 2 is 1.96 bits per heavy atom. The van der Waals surface area contributed by atoms with E-state index >= 15 is 0 Å². The Morgan fingerprint density at radius 3 is 2.67 bits per heavy atom. The molecule has 3 rings (SSSR count). The SMILES string of the molecule is CCc1nnc(SCC(=O)Nc2cccc([N+](=O)[O-])c2)n1-c1ccccc1. The van der Waals surface area contributed by atoms with Gasteiger partial charge in [-0.2, -0.15) is 0 Å². The summed E-state index contributed by atoms with van der Waals surface area (Å²) in [5.41, 5.74) is 1.24. The highest BCUT2D eigenvalue weighted by Gasteiger charge is 2.15.